The molecule has 142 valence electrons. The summed E-state index contributed by atoms with van der Waals surface area (Å²) in [5.41, 5.74) is 1.54. The summed E-state index contributed by atoms with van der Waals surface area (Å²) in [5.74, 6) is 0.719. The average molecular weight is 377 g/mol. The van der Waals surface area contributed by atoms with Crippen LogP contribution in [0.4, 0.5) is 0 Å². The molecule has 6 nitrogen and oxygen atoms in total. The van der Waals surface area contributed by atoms with Crippen LogP contribution in [0.15, 0.2) is 27.2 Å². The van der Waals surface area contributed by atoms with Gasteiger partial charge in [-0.25, -0.2) is 0 Å². The Morgan fingerprint density at radius 1 is 1.19 bits per heavy atom. The number of nitroso groups, excluding NO2 is 1. The number of furan rings is 1. The van der Waals surface area contributed by atoms with E-state index < -0.39 is 11.1 Å². The summed E-state index contributed by atoms with van der Waals surface area (Å²) in [6.45, 7) is 12.5. The molecule has 1 unspecified atom stereocenters. The summed E-state index contributed by atoms with van der Waals surface area (Å²) in [6.07, 6.45) is 0. The fraction of sp³-hybridized carbons (Fsp3) is 0.579. The Bertz CT molecular complexity index is 776. The molecule has 0 saturated heterocycles. The van der Waals surface area contributed by atoms with Crippen LogP contribution in [-0.4, -0.2) is 17.6 Å². The molecule has 26 heavy (non-hydrogen) atoms. The third kappa shape index (κ3) is 3.07. The molecule has 2 aromatic rings. The second-order valence-electron chi connectivity index (χ2n) is 8.23. The molecule has 0 amide bonds. The summed E-state index contributed by atoms with van der Waals surface area (Å²) in [5, 5.41) is 18.0. The molecule has 7 heteroatoms. The van der Waals surface area contributed by atoms with Gasteiger partial charge in [0.05, 0.1) is 0 Å². The smallest absolute Gasteiger partial charge is 0.134 e. The highest BCUT2D eigenvalue weighted by atomic mass is 32.2. The van der Waals surface area contributed by atoms with Crippen molar-refractivity contribution in [3.8, 4) is 0 Å². The van der Waals surface area contributed by atoms with Gasteiger partial charge >= 0.3 is 0 Å². The van der Waals surface area contributed by atoms with Gasteiger partial charge in [0.15, 0.2) is 0 Å². The summed E-state index contributed by atoms with van der Waals surface area (Å²) in [4.78, 5) is 10.8. The van der Waals surface area contributed by atoms with Gasteiger partial charge in [-0.2, -0.15) is 0 Å². The number of nitrogens with zero attached hydrogens (tertiary/aromatic N) is 2. The van der Waals surface area contributed by atoms with E-state index >= 15 is 0 Å². The van der Waals surface area contributed by atoms with Crippen LogP contribution in [0.1, 0.15) is 63.7 Å². The minimum atomic E-state index is -0.613. The number of benzene rings is 1. The van der Waals surface area contributed by atoms with Crippen molar-refractivity contribution < 1.29 is 4.42 Å². The van der Waals surface area contributed by atoms with E-state index in [2.05, 4.69) is 23.7 Å². The fourth-order valence-corrected chi connectivity index (χ4v) is 4.28. The van der Waals surface area contributed by atoms with Gasteiger partial charge in [0.1, 0.15) is 16.6 Å². The van der Waals surface area contributed by atoms with Gasteiger partial charge in [-0.05, 0) is 57.0 Å². The maximum absolute atomic E-state index is 12.7. The first-order chi connectivity index (χ1) is 12.1. The second kappa shape index (κ2) is 6.64. The van der Waals surface area contributed by atoms with Crippen LogP contribution in [0.5, 0.6) is 0 Å². The number of fused-ring (bicyclic) bond motifs is 2. The zero-order valence-electron chi connectivity index (χ0n) is 16.1. The lowest BCUT2D eigenvalue weighted by Gasteiger charge is -2.46. The van der Waals surface area contributed by atoms with Crippen LogP contribution in [0.2, 0.25) is 0 Å². The minimum Gasteiger partial charge on any atom is -0.784 e. The van der Waals surface area contributed by atoms with Crippen LogP contribution >= 0.6 is 11.9 Å². The van der Waals surface area contributed by atoms with Crippen molar-refractivity contribution >= 4 is 22.9 Å². The number of nitrogens with one attached hydrogen (secondary N) is 1. The summed E-state index contributed by atoms with van der Waals surface area (Å²) in [6, 6.07) is 6.28. The summed E-state index contributed by atoms with van der Waals surface area (Å²) in [7, 11) is 0. The van der Waals surface area contributed by atoms with E-state index in [-0.39, 0.29) is 5.25 Å². The standard InChI is InChI=1S/C19H26N3O3S/c1-11(2)20-10-17(26-21-23)16-8-12-7-13-14(9-15(12)25-16)19(5,6)22(24)18(13,3)4/h7-9,11,17,20H,10H2,1-6H3/q-1. The third-order valence-electron chi connectivity index (χ3n) is 5.21. The van der Waals surface area contributed by atoms with E-state index in [1.807, 2.05) is 45.9 Å². The SMILES string of the molecule is CC(C)NCC(SN=O)c1cc2cc3c(cc2o1)C(C)(C)N([O-])C3(C)C. The fourth-order valence-electron chi connectivity index (χ4n) is 3.78. The molecule has 0 bridgehead atoms. The molecule has 0 saturated carbocycles. The zero-order chi connectivity index (χ0) is 19.3. The van der Waals surface area contributed by atoms with E-state index in [1.165, 1.54) is 0 Å². The number of hydroxylamine groups is 2. The maximum Gasteiger partial charge on any atom is 0.134 e. The normalized spacial score (nSPS) is 19.8. The number of hydrogen-bond donors (Lipinski definition) is 1. The van der Waals surface area contributed by atoms with E-state index in [0.717, 1.165) is 44.9 Å². The molecule has 0 aliphatic carbocycles. The highest BCUT2D eigenvalue weighted by molar-refractivity contribution is 7.98. The lowest BCUT2D eigenvalue weighted by atomic mass is 9.90. The molecule has 1 aliphatic heterocycles. The molecule has 0 spiro atoms. The minimum absolute atomic E-state index is 0.186. The zero-order valence-corrected chi connectivity index (χ0v) is 16.9. The lowest BCUT2D eigenvalue weighted by Crippen LogP contribution is -2.40. The van der Waals surface area contributed by atoms with Crippen LogP contribution in [0.3, 0.4) is 0 Å². The third-order valence-corrected chi connectivity index (χ3v) is 5.95. The van der Waals surface area contributed by atoms with Crippen molar-refractivity contribution in [1.29, 1.82) is 0 Å². The molecular weight excluding hydrogens is 350 g/mol. The monoisotopic (exact) mass is 376 g/mol. The molecular formula is C19H26N3O3S-. The first kappa shape index (κ1) is 19.4. The quantitative estimate of drug-likeness (QED) is 0.553. The van der Waals surface area contributed by atoms with Gasteiger partial charge in [-0.15, -0.1) is 4.91 Å². The number of rotatable bonds is 6. The first-order valence-electron chi connectivity index (χ1n) is 8.86. The molecule has 3 rings (SSSR count). The van der Waals surface area contributed by atoms with Crippen molar-refractivity contribution in [2.24, 2.45) is 4.58 Å². The Labute approximate surface area is 158 Å². The van der Waals surface area contributed by atoms with Gasteiger partial charge in [0.2, 0.25) is 0 Å². The molecule has 1 atom stereocenters. The Balaban J connectivity index is 2.04. The highest BCUT2D eigenvalue weighted by Gasteiger charge is 2.44. The Morgan fingerprint density at radius 3 is 2.38 bits per heavy atom. The lowest BCUT2D eigenvalue weighted by molar-refractivity contribution is 0.101. The molecule has 1 N–H and O–H groups in total. The molecule has 1 aliphatic rings. The topological polar surface area (TPSA) is 80.9 Å². The predicted octanol–water partition coefficient (Wildman–Crippen LogP) is 5.17. The van der Waals surface area contributed by atoms with Crippen LogP contribution in [-0.2, 0) is 11.1 Å². The van der Waals surface area contributed by atoms with Crippen molar-refractivity contribution in [2.45, 2.75) is 63.9 Å². The van der Waals surface area contributed by atoms with Crippen LogP contribution in [0, 0.1) is 10.1 Å². The summed E-state index contributed by atoms with van der Waals surface area (Å²) >= 11 is 0.970. The summed E-state index contributed by atoms with van der Waals surface area (Å²) < 4.78 is 9.05. The Morgan fingerprint density at radius 2 is 1.81 bits per heavy atom. The molecule has 0 radical (unpaired) electrons. The maximum atomic E-state index is 12.7. The van der Waals surface area contributed by atoms with Crippen LogP contribution < -0.4 is 5.32 Å². The van der Waals surface area contributed by atoms with Crippen molar-refractivity contribution in [1.82, 2.24) is 10.4 Å². The largest absolute Gasteiger partial charge is 0.784 e. The van der Waals surface area contributed by atoms with Gasteiger partial charge in [0, 0.05) is 45.6 Å². The van der Waals surface area contributed by atoms with Crippen LogP contribution in [0.25, 0.3) is 11.0 Å². The predicted molar refractivity (Wildman–Crippen MR) is 107 cm³/mol. The van der Waals surface area contributed by atoms with Crippen molar-refractivity contribution in [3.05, 3.63) is 45.2 Å². The highest BCUT2D eigenvalue weighted by Crippen LogP contribution is 2.50. The van der Waals surface area contributed by atoms with E-state index in [0.29, 0.717) is 12.6 Å². The second-order valence-corrected chi connectivity index (χ2v) is 9.16. The van der Waals surface area contributed by atoms with Gasteiger partial charge in [-0.1, -0.05) is 13.8 Å². The Kier molecular flexibility index (Phi) is 4.94. The molecule has 1 aromatic carbocycles. The van der Waals surface area contributed by atoms with Gasteiger partial charge in [0.25, 0.3) is 0 Å². The Hall–Kier alpha value is -1.41. The van der Waals surface area contributed by atoms with Gasteiger partial charge < -0.3 is 20.0 Å². The van der Waals surface area contributed by atoms with Gasteiger partial charge in [-0.3, -0.25) is 0 Å². The van der Waals surface area contributed by atoms with Crippen molar-refractivity contribution in [3.63, 3.8) is 0 Å². The first-order valence-corrected chi connectivity index (χ1v) is 9.70. The average Bonchev–Trinajstić information content (AvgIpc) is 3.03. The van der Waals surface area contributed by atoms with Crippen molar-refractivity contribution in [2.75, 3.05) is 6.54 Å². The van der Waals surface area contributed by atoms with E-state index in [4.69, 9.17) is 4.42 Å². The molecule has 1 aromatic heterocycles. The molecule has 0 fully saturated rings. The van der Waals surface area contributed by atoms with E-state index in [1.54, 1.807) is 0 Å². The number of hydrogen-bond acceptors (Lipinski definition) is 7. The molecule has 2 heterocycles. The van der Waals surface area contributed by atoms with E-state index in [9.17, 15) is 10.1 Å².